The maximum absolute atomic E-state index is 14.3. The Morgan fingerprint density at radius 3 is 2.81 bits per heavy atom. The Balaban J connectivity index is 1.75. The molecule has 0 fully saturated rings. The molecule has 0 spiro atoms. The lowest BCUT2D eigenvalue weighted by molar-refractivity contribution is 0.320. The van der Waals surface area contributed by atoms with Crippen molar-refractivity contribution in [2.24, 2.45) is 4.99 Å². The van der Waals surface area contributed by atoms with E-state index in [1.54, 1.807) is 6.07 Å². The van der Waals surface area contributed by atoms with Crippen molar-refractivity contribution in [2.75, 3.05) is 6.61 Å². The number of ether oxygens (including phenoxy) is 1. The molecule has 7 heteroatoms. The largest absolute Gasteiger partial charge is 0.475 e. The van der Waals surface area contributed by atoms with E-state index in [0.29, 0.717) is 28.8 Å². The summed E-state index contributed by atoms with van der Waals surface area (Å²) >= 11 is 6.03. The van der Waals surface area contributed by atoms with E-state index >= 15 is 0 Å². The van der Waals surface area contributed by atoms with Gasteiger partial charge in [0.15, 0.2) is 0 Å². The molecule has 0 bridgehead atoms. The highest BCUT2D eigenvalue weighted by atomic mass is 35.5. The van der Waals surface area contributed by atoms with Crippen molar-refractivity contribution in [3.8, 4) is 11.3 Å². The number of aliphatic imine (C=N–C) groups is 1. The first kappa shape index (κ1) is 16.7. The molecular weight excluding hydrogens is 360 g/mol. The number of benzene rings is 2. The van der Waals surface area contributed by atoms with Gasteiger partial charge in [-0.3, -0.25) is 5.10 Å². The maximum atomic E-state index is 14.3. The predicted molar refractivity (Wildman–Crippen MR) is 95.4 cm³/mol. The van der Waals surface area contributed by atoms with Crippen LogP contribution in [-0.2, 0) is 4.74 Å². The smallest absolute Gasteiger partial charge is 0.220 e. The van der Waals surface area contributed by atoms with Crippen molar-refractivity contribution in [3.63, 3.8) is 0 Å². The summed E-state index contributed by atoms with van der Waals surface area (Å²) in [4.78, 5) is 4.57. The first-order valence-corrected chi connectivity index (χ1v) is 8.37. The molecule has 1 aromatic heterocycles. The Hall–Kier alpha value is -2.73. The van der Waals surface area contributed by atoms with Gasteiger partial charge in [-0.2, -0.15) is 5.10 Å². The Morgan fingerprint density at radius 2 is 2.00 bits per heavy atom. The zero-order valence-corrected chi connectivity index (χ0v) is 14.5. The van der Waals surface area contributed by atoms with Gasteiger partial charge in [0.25, 0.3) is 0 Å². The highest BCUT2D eigenvalue weighted by molar-refractivity contribution is 6.30. The zero-order chi connectivity index (χ0) is 18.3. The average molecular weight is 374 g/mol. The standard InChI is InChI=1S/C19H14ClF2N3O/c1-10-14(21)5-6-15(22)17(10)18-13(8-23-25-18)19-24-16(9-26-19)11-3-2-4-12(20)7-11/h2-8,16H,9H2,1H3,(H,23,25). The molecule has 0 radical (unpaired) electrons. The second-order valence-corrected chi connectivity index (χ2v) is 6.44. The van der Waals surface area contributed by atoms with Crippen molar-refractivity contribution < 1.29 is 13.5 Å². The topological polar surface area (TPSA) is 50.3 Å². The minimum Gasteiger partial charge on any atom is -0.475 e. The summed E-state index contributed by atoms with van der Waals surface area (Å²) in [6.07, 6.45) is 1.50. The van der Waals surface area contributed by atoms with Crippen LogP contribution in [0.15, 0.2) is 47.6 Å². The van der Waals surface area contributed by atoms with E-state index in [-0.39, 0.29) is 17.2 Å². The van der Waals surface area contributed by atoms with Gasteiger partial charge >= 0.3 is 0 Å². The number of hydrogen-bond acceptors (Lipinski definition) is 3. The van der Waals surface area contributed by atoms with Crippen LogP contribution in [0.4, 0.5) is 8.78 Å². The van der Waals surface area contributed by atoms with Crippen LogP contribution in [0.25, 0.3) is 11.3 Å². The Morgan fingerprint density at radius 1 is 1.19 bits per heavy atom. The quantitative estimate of drug-likeness (QED) is 0.714. The van der Waals surface area contributed by atoms with E-state index in [0.717, 1.165) is 17.7 Å². The molecule has 1 aliphatic rings. The van der Waals surface area contributed by atoms with Crippen LogP contribution >= 0.6 is 11.6 Å². The SMILES string of the molecule is Cc1c(F)ccc(F)c1-c1[nH]ncc1C1=NC(c2cccc(Cl)c2)CO1. The van der Waals surface area contributed by atoms with Gasteiger partial charge in [0, 0.05) is 10.6 Å². The van der Waals surface area contributed by atoms with Crippen molar-refractivity contribution in [1.82, 2.24) is 10.2 Å². The Labute approximate surface area is 153 Å². The van der Waals surface area contributed by atoms with Gasteiger partial charge in [0.05, 0.1) is 17.5 Å². The van der Waals surface area contributed by atoms with Crippen molar-refractivity contribution in [1.29, 1.82) is 0 Å². The first-order valence-electron chi connectivity index (χ1n) is 7.99. The van der Waals surface area contributed by atoms with Crippen molar-refractivity contribution in [2.45, 2.75) is 13.0 Å². The van der Waals surface area contributed by atoms with Gasteiger partial charge in [-0.05, 0) is 42.3 Å². The molecule has 1 aliphatic heterocycles. The summed E-state index contributed by atoms with van der Waals surface area (Å²) in [6.45, 7) is 1.86. The van der Waals surface area contributed by atoms with E-state index in [2.05, 4.69) is 15.2 Å². The highest BCUT2D eigenvalue weighted by Gasteiger charge is 2.27. The average Bonchev–Trinajstić information content (AvgIpc) is 3.28. The molecule has 0 amide bonds. The summed E-state index contributed by atoms with van der Waals surface area (Å²) in [5.74, 6) is -0.700. The van der Waals surface area contributed by atoms with E-state index in [9.17, 15) is 8.78 Å². The van der Waals surface area contributed by atoms with Gasteiger partial charge in [-0.15, -0.1) is 0 Å². The highest BCUT2D eigenvalue weighted by Crippen LogP contribution is 2.33. The van der Waals surface area contributed by atoms with Crippen LogP contribution in [-0.4, -0.2) is 22.7 Å². The second kappa shape index (κ2) is 6.53. The van der Waals surface area contributed by atoms with Gasteiger partial charge in [-0.25, -0.2) is 13.8 Å². The van der Waals surface area contributed by atoms with Crippen LogP contribution in [0.2, 0.25) is 5.02 Å². The Bertz CT molecular complexity index is 1020. The summed E-state index contributed by atoms with van der Waals surface area (Å²) in [5.41, 5.74) is 2.06. The molecule has 3 aromatic rings. The number of H-pyrrole nitrogens is 1. The van der Waals surface area contributed by atoms with Gasteiger partial charge in [-0.1, -0.05) is 23.7 Å². The fraction of sp³-hybridized carbons (Fsp3) is 0.158. The van der Waals surface area contributed by atoms with Crippen molar-refractivity contribution in [3.05, 3.63) is 75.9 Å². The van der Waals surface area contributed by atoms with Gasteiger partial charge in [0.1, 0.15) is 24.3 Å². The summed E-state index contributed by atoms with van der Waals surface area (Å²) in [6, 6.07) is 9.35. The van der Waals surface area contributed by atoms with Crippen LogP contribution in [0, 0.1) is 18.6 Å². The normalized spacial score (nSPS) is 16.5. The second-order valence-electron chi connectivity index (χ2n) is 6.00. The fourth-order valence-corrected chi connectivity index (χ4v) is 3.20. The van der Waals surface area contributed by atoms with Crippen LogP contribution in [0.5, 0.6) is 0 Å². The third-order valence-corrected chi connectivity index (χ3v) is 4.59. The number of aromatic amines is 1. The maximum Gasteiger partial charge on any atom is 0.220 e. The minimum atomic E-state index is -0.542. The first-order chi connectivity index (χ1) is 12.5. The lowest BCUT2D eigenvalue weighted by Gasteiger charge is -2.08. The van der Waals surface area contributed by atoms with E-state index in [4.69, 9.17) is 16.3 Å². The molecule has 0 saturated carbocycles. The lowest BCUT2D eigenvalue weighted by Crippen LogP contribution is -2.04. The van der Waals surface area contributed by atoms with Gasteiger partial charge in [0.2, 0.25) is 5.90 Å². The number of aromatic nitrogens is 2. The molecule has 1 atom stereocenters. The van der Waals surface area contributed by atoms with E-state index < -0.39 is 11.6 Å². The van der Waals surface area contributed by atoms with E-state index in [1.807, 2.05) is 18.2 Å². The molecule has 26 heavy (non-hydrogen) atoms. The molecule has 0 saturated heterocycles. The molecule has 1 N–H and O–H groups in total. The number of hydrogen-bond donors (Lipinski definition) is 1. The molecular formula is C19H14ClF2N3O. The van der Waals surface area contributed by atoms with Crippen LogP contribution in [0.3, 0.4) is 0 Å². The lowest BCUT2D eigenvalue weighted by atomic mass is 10.0. The molecule has 4 rings (SSSR count). The Kier molecular flexibility index (Phi) is 4.20. The molecule has 1 unspecified atom stereocenters. The molecule has 0 aliphatic carbocycles. The van der Waals surface area contributed by atoms with E-state index in [1.165, 1.54) is 13.1 Å². The summed E-state index contributed by atoms with van der Waals surface area (Å²) < 4.78 is 34.0. The molecule has 2 aromatic carbocycles. The van der Waals surface area contributed by atoms with Crippen molar-refractivity contribution >= 4 is 17.5 Å². The molecule has 132 valence electrons. The third kappa shape index (κ3) is 2.86. The predicted octanol–water partition coefficient (Wildman–Crippen LogP) is 4.83. The minimum absolute atomic E-state index is 0.120. The number of nitrogens with one attached hydrogen (secondary N) is 1. The zero-order valence-electron chi connectivity index (χ0n) is 13.8. The number of nitrogens with zero attached hydrogens (tertiary/aromatic N) is 2. The summed E-state index contributed by atoms with van der Waals surface area (Å²) in [7, 11) is 0. The third-order valence-electron chi connectivity index (χ3n) is 4.35. The number of halogens is 3. The fourth-order valence-electron chi connectivity index (χ4n) is 3.00. The summed E-state index contributed by atoms with van der Waals surface area (Å²) in [5, 5.41) is 7.32. The molecule has 4 nitrogen and oxygen atoms in total. The molecule has 2 heterocycles. The van der Waals surface area contributed by atoms with Crippen LogP contribution in [0.1, 0.15) is 22.7 Å². The number of rotatable bonds is 3. The van der Waals surface area contributed by atoms with Gasteiger partial charge < -0.3 is 4.74 Å². The van der Waals surface area contributed by atoms with Crippen LogP contribution < -0.4 is 0 Å². The monoisotopic (exact) mass is 373 g/mol.